The number of benzene rings is 2. The summed E-state index contributed by atoms with van der Waals surface area (Å²) in [5.41, 5.74) is 1.70. The van der Waals surface area contributed by atoms with Crippen LogP contribution in [-0.4, -0.2) is 30.1 Å². The molecule has 1 aliphatic rings. The largest absolute Gasteiger partial charge is 0.483 e. The van der Waals surface area contributed by atoms with Crippen LogP contribution >= 0.6 is 11.8 Å². The first kappa shape index (κ1) is 20.6. The number of aliphatic carboxylic acids is 1. The molecule has 1 atom stereocenters. The van der Waals surface area contributed by atoms with Crippen LogP contribution in [0.25, 0.3) is 11.1 Å². The van der Waals surface area contributed by atoms with Gasteiger partial charge in [-0.2, -0.15) is 13.2 Å². The van der Waals surface area contributed by atoms with Crippen LogP contribution in [0.15, 0.2) is 47.4 Å². The highest BCUT2D eigenvalue weighted by Crippen LogP contribution is 2.41. The minimum atomic E-state index is -4.48. The topological polar surface area (TPSA) is 46.5 Å². The molecule has 150 valence electrons. The monoisotopic (exact) mass is 410 g/mol. The molecule has 28 heavy (non-hydrogen) atoms. The zero-order valence-corrected chi connectivity index (χ0v) is 16.1. The van der Waals surface area contributed by atoms with Crippen molar-refractivity contribution in [1.82, 2.24) is 0 Å². The molecule has 2 aromatic carbocycles. The highest BCUT2D eigenvalue weighted by molar-refractivity contribution is 7.98. The molecule has 0 amide bonds. The van der Waals surface area contributed by atoms with Crippen molar-refractivity contribution in [3.8, 4) is 16.9 Å². The van der Waals surface area contributed by atoms with E-state index in [1.54, 1.807) is 23.9 Å². The fraction of sp³-hybridized carbons (Fsp3) is 0.381. The Hall–Kier alpha value is -2.15. The molecule has 1 saturated carbocycles. The van der Waals surface area contributed by atoms with Crippen LogP contribution in [0.4, 0.5) is 13.2 Å². The Kier molecular flexibility index (Phi) is 6.23. The van der Waals surface area contributed by atoms with Crippen LogP contribution in [0, 0.1) is 5.92 Å². The number of halogens is 3. The van der Waals surface area contributed by atoms with Gasteiger partial charge in [-0.3, -0.25) is 4.79 Å². The zero-order valence-electron chi connectivity index (χ0n) is 15.3. The third-order valence-electron chi connectivity index (χ3n) is 4.76. The first-order chi connectivity index (χ1) is 13.3. The number of carboxylic acid groups (broad SMARTS) is 1. The normalized spacial score (nSPS) is 15.3. The van der Waals surface area contributed by atoms with Crippen molar-refractivity contribution in [2.75, 3.05) is 12.9 Å². The molecular weight excluding hydrogens is 389 g/mol. The Morgan fingerprint density at radius 2 is 1.89 bits per heavy atom. The minimum Gasteiger partial charge on any atom is -0.483 e. The van der Waals surface area contributed by atoms with Crippen molar-refractivity contribution in [2.45, 2.75) is 36.3 Å². The number of hydrogen-bond donors (Lipinski definition) is 1. The Morgan fingerprint density at radius 1 is 1.21 bits per heavy atom. The van der Waals surface area contributed by atoms with Gasteiger partial charge in [-0.15, -0.1) is 11.8 Å². The van der Waals surface area contributed by atoms with Crippen molar-refractivity contribution in [3.05, 3.63) is 48.0 Å². The van der Waals surface area contributed by atoms with E-state index in [9.17, 15) is 23.1 Å². The Balaban J connectivity index is 1.96. The molecule has 0 heterocycles. The van der Waals surface area contributed by atoms with Gasteiger partial charge in [0.15, 0.2) is 6.61 Å². The molecule has 3 rings (SSSR count). The molecule has 0 aromatic heterocycles. The van der Waals surface area contributed by atoms with Crippen molar-refractivity contribution >= 4 is 17.7 Å². The standard InChI is InChI=1S/C21H21F3O3S/c1-28-16-7-4-14(5-8-16)17-9-6-15(11-19(17)27-12-21(22,23)24)18(20(25)26)10-13-2-3-13/h4-9,11,13,18H,2-3,10,12H2,1H3,(H,25,26). The number of carbonyl (C=O) groups is 1. The number of thioether (sulfide) groups is 1. The van der Waals surface area contributed by atoms with Crippen molar-refractivity contribution in [3.63, 3.8) is 0 Å². The van der Waals surface area contributed by atoms with Gasteiger partial charge in [0.05, 0.1) is 5.92 Å². The predicted molar refractivity (Wildman–Crippen MR) is 103 cm³/mol. The molecule has 0 aliphatic heterocycles. The van der Waals surface area contributed by atoms with Gasteiger partial charge in [-0.25, -0.2) is 0 Å². The van der Waals surface area contributed by atoms with Crippen LogP contribution in [0.3, 0.4) is 0 Å². The van der Waals surface area contributed by atoms with E-state index < -0.39 is 24.7 Å². The molecule has 1 fully saturated rings. The summed E-state index contributed by atoms with van der Waals surface area (Å²) in [5, 5.41) is 9.57. The fourth-order valence-electron chi connectivity index (χ4n) is 3.11. The molecule has 7 heteroatoms. The fourth-order valence-corrected chi connectivity index (χ4v) is 3.52. The highest BCUT2D eigenvalue weighted by atomic mass is 32.2. The van der Waals surface area contributed by atoms with E-state index in [1.165, 1.54) is 6.07 Å². The maximum Gasteiger partial charge on any atom is 0.422 e. The number of carboxylic acids is 1. The zero-order chi connectivity index (χ0) is 20.3. The van der Waals surface area contributed by atoms with Gasteiger partial charge in [-0.05, 0) is 47.9 Å². The summed E-state index contributed by atoms with van der Waals surface area (Å²) in [7, 11) is 0. The third-order valence-corrected chi connectivity index (χ3v) is 5.51. The average Bonchev–Trinajstić information content (AvgIpc) is 3.48. The van der Waals surface area contributed by atoms with Gasteiger partial charge < -0.3 is 9.84 Å². The minimum absolute atomic E-state index is 0.0498. The Morgan fingerprint density at radius 3 is 2.43 bits per heavy atom. The van der Waals surface area contributed by atoms with Gasteiger partial charge in [-0.1, -0.05) is 37.1 Å². The SMILES string of the molecule is CSc1ccc(-c2ccc(C(CC3CC3)C(=O)O)cc2OCC(F)(F)F)cc1. The molecule has 0 saturated heterocycles. The maximum absolute atomic E-state index is 12.7. The van der Waals surface area contributed by atoms with Gasteiger partial charge in [0, 0.05) is 10.5 Å². The van der Waals surface area contributed by atoms with E-state index in [-0.39, 0.29) is 5.75 Å². The highest BCUT2D eigenvalue weighted by Gasteiger charge is 2.32. The molecule has 1 unspecified atom stereocenters. The Bertz CT molecular complexity index is 830. The van der Waals surface area contributed by atoms with E-state index in [0.29, 0.717) is 23.5 Å². The lowest BCUT2D eigenvalue weighted by molar-refractivity contribution is -0.153. The Labute approximate surface area is 165 Å². The number of rotatable bonds is 8. The number of ether oxygens (including phenoxy) is 1. The second-order valence-corrected chi connectivity index (χ2v) is 7.84. The van der Waals surface area contributed by atoms with Gasteiger partial charge in [0.25, 0.3) is 0 Å². The van der Waals surface area contributed by atoms with Gasteiger partial charge in [0.2, 0.25) is 0 Å². The van der Waals surface area contributed by atoms with Crippen molar-refractivity contribution in [1.29, 1.82) is 0 Å². The summed E-state index contributed by atoms with van der Waals surface area (Å²) in [6.07, 6.45) is -0.0399. The van der Waals surface area contributed by atoms with Crippen LogP contribution in [-0.2, 0) is 4.79 Å². The number of hydrogen-bond acceptors (Lipinski definition) is 3. The maximum atomic E-state index is 12.7. The molecule has 3 nitrogen and oxygen atoms in total. The second-order valence-electron chi connectivity index (χ2n) is 6.96. The summed E-state index contributed by atoms with van der Waals surface area (Å²) in [6.45, 7) is -1.42. The molecule has 0 bridgehead atoms. The first-order valence-electron chi connectivity index (χ1n) is 8.97. The van der Waals surface area contributed by atoms with Crippen LogP contribution in [0.2, 0.25) is 0 Å². The van der Waals surface area contributed by atoms with Crippen LogP contribution in [0.1, 0.15) is 30.7 Å². The lowest BCUT2D eigenvalue weighted by Gasteiger charge is -2.18. The molecule has 2 aromatic rings. The molecule has 1 aliphatic carbocycles. The number of alkyl halides is 3. The quantitative estimate of drug-likeness (QED) is 0.544. The second kappa shape index (κ2) is 8.47. The summed E-state index contributed by atoms with van der Waals surface area (Å²) in [5.74, 6) is -1.28. The van der Waals surface area contributed by atoms with E-state index in [4.69, 9.17) is 4.74 Å². The molecular formula is C21H21F3O3S. The van der Waals surface area contributed by atoms with E-state index in [0.717, 1.165) is 23.3 Å². The van der Waals surface area contributed by atoms with Crippen LogP contribution < -0.4 is 4.74 Å². The van der Waals surface area contributed by atoms with E-state index in [2.05, 4.69) is 0 Å². The summed E-state index contributed by atoms with van der Waals surface area (Å²) >= 11 is 1.57. The van der Waals surface area contributed by atoms with Crippen molar-refractivity contribution in [2.24, 2.45) is 5.92 Å². The molecule has 0 radical (unpaired) electrons. The lowest BCUT2D eigenvalue weighted by atomic mass is 9.91. The first-order valence-corrected chi connectivity index (χ1v) is 10.2. The third kappa shape index (κ3) is 5.44. The summed E-state index contributed by atoms with van der Waals surface area (Å²) in [6, 6.07) is 12.2. The smallest absolute Gasteiger partial charge is 0.422 e. The molecule has 0 spiro atoms. The van der Waals surface area contributed by atoms with Gasteiger partial charge >= 0.3 is 12.1 Å². The van der Waals surface area contributed by atoms with Gasteiger partial charge in [0.1, 0.15) is 5.75 Å². The summed E-state index contributed by atoms with van der Waals surface area (Å²) in [4.78, 5) is 12.7. The van der Waals surface area contributed by atoms with E-state index >= 15 is 0 Å². The van der Waals surface area contributed by atoms with E-state index in [1.807, 2.05) is 30.5 Å². The lowest BCUT2D eigenvalue weighted by Crippen LogP contribution is -2.20. The molecule has 1 N–H and O–H groups in total. The predicted octanol–water partition coefficient (Wildman–Crippen LogP) is 5.98. The van der Waals surface area contributed by atoms with Crippen molar-refractivity contribution < 1.29 is 27.8 Å². The summed E-state index contributed by atoms with van der Waals surface area (Å²) < 4.78 is 43.2. The van der Waals surface area contributed by atoms with Crippen LogP contribution in [0.5, 0.6) is 5.75 Å². The average molecular weight is 410 g/mol.